The summed E-state index contributed by atoms with van der Waals surface area (Å²) in [7, 11) is 0. The van der Waals surface area contributed by atoms with Gasteiger partial charge in [-0.05, 0) is 50.5 Å². The third-order valence-corrected chi connectivity index (χ3v) is 4.47. The number of aromatic amines is 2. The van der Waals surface area contributed by atoms with Crippen LogP contribution in [0.2, 0.25) is 0 Å². The van der Waals surface area contributed by atoms with Gasteiger partial charge in [0, 0.05) is 28.1 Å². The number of hydrogen-bond acceptors (Lipinski definition) is 2. The number of carbonyl (C=O) groups is 1. The number of aryl methyl sites for hydroxylation is 2. The minimum atomic E-state index is -0.0940. The summed E-state index contributed by atoms with van der Waals surface area (Å²) in [4.78, 5) is 15.8. The molecule has 112 valence electrons. The molecule has 3 aromatic rings. The van der Waals surface area contributed by atoms with Crippen molar-refractivity contribution in [1.82, 2.24) is 15.2 Å². The molecule has 5 nitrogen and oxygen atoms in total. The Balaban J connectivity index is 1.64. The lowest BCUT2D eigenvalue weighted by Crippen LogP contribution is -2.12. The highest BCUT2D eigenvalue weighted by molar-refractivity contribution is 6.06. The molecule has 2 aromatic heterocycles. The van der Waals surface area contributed by atoms with Crippen molar-refractivity contribution < 1.29 is 4.79 Å². The van der Waals surface area contributed by atoms with Gasteiger partial charge in [-0.25, -0.2) is 0 Å². The van der Waals surface area contributed by atoms with Crippen LogP contribution in [0.4, 0.5) is 5.69 Å². The largest absolute Gasteiger partial charge is 0.358 e. The van der Waals surface area contributed by atoms with Crippen LogP contribution in [0.3, 0.4) is 0 Å². The molecule has 4 rings (SSSR count). The second-order valence-electron chi connectivity index (χ2n) is 6.06. The van der Waals surface area contributed by atoms with Crippen LogP contribution in [-0.2, 0) is 0 Å². The average molecular weight is 294 g/mol. The lowest BCUT2D eigenvalue weighted by molar-refractivity contribution is 0.102. The molecule has 2 heterocycles. The molecule has 22 heavy (non-hydrogen) atoms. The van der Waals surface area contributed by atoms with Gasteiger partial charge < -0.3 is 10.3 Å². The highest BCUT2D eigenvalue weighted by Crippen LogP contribution is 2.42. The Hall–Kier alpha value is -2.56. The molecular formula is C17H18N4O. The van der Waals surface area contributed by atoms with Crippen LogP contribution in [0.1, 0.15) is 46.1 Å². The van der Waals surface area contributed by atoms with E-state index in [4.69, 9.17) is 0 Å². The Labute approximate surface area is 128 Å². The number of anilines is 1. The molecule has 1 aliphatic carbocycles. The molecule has 0 atom stereocenters. The van der Waals surface area contributed by atoms with E-state index >= 15 is 0 Å². The molecule has 1 fully saturated rings. The fourth-order valence-electron chi connectivity index (χ4n) is 2.88. The van der Waals surface area contributed by atoms with E-state index in [2.05, 4.69) is 27.4 Å². The van der Waals surface area contributed by atoms with Crippen molar-refractivity contribution >= 4 is 22.5 Å². The van der Waals surface area contributed by atoms with Crippen molar-refractivity contribution in [3.8, 4) is 0 Å². The normalized spacial score (nSPS) is 14.5. The van der Waals surface area contributed by atoms with Crippen molar-refractivity contribution in [1.29, 1.82) is 0 Å². The zero-order chi connectivity index (χ0) is 15.3. The second-order valence-corrected chi connectivity index (χ2v) is 6.06. The van der Waals surface area contributed by atoms with Gasteiger partial charge in [-0.1, -0.05) is 0 Å². The third-order valence-electron chi connectivity index (χ3n) is 4.47. The van der Waals surface area contributed by atoms with E-state index in [9.17, 15) is 4.79 Å². The second kappa shape index (κ2) is 4.73. The molecular weight excluding hydrogens is 276 g/mol. The summed E-state index contributed by atoms with van der Waals surface area (Å²) in [5, 5.41) is 11.1. The van der Waals surface area contributed by atoms with Gasteiger partial charge in [0.05, 0.1) is 17.6 Å². The highest BCUT2D eigenvalue weighted by Gasteiger charge is 2.28. The Kier molecular flexibility index (Phi) is 2.82. The summed E-state index contributed by atoms with van der Waals surface area (Å²) in [6, 6.07) is 5.76. The third kappa shape index (κ3) is 2.09. The van der Waals surface area contributed by atoms with E-state index in [1.54, 1.807) is 6.20 Å². The van der Waals surface area contributed by atoms with Crippen molar-refractivity contribution in [2.75, 3.05) is 5.32 Å². The lowest BCUT2D eigenvalue weighted by Gasteiger charge is -2.05. The number of hydrogen-bond donors (Lipinski definition) is 3. The first kappa shape index (κ1) is 13.1. The number of aromatic nitrogens is 3. The maximum Gasteiger partial charge on any atom is 0.255 e. The SMILES string of the molecule is Cc1[nH]c2ccc(C(=O)Nc3cn[nH]c3C3CC3)cc2c1C. The first-order valence-corrected chi connectivity index (χ1v) is 7.57. The van der Waals surface area contributed by atoms with E-state index in [1.807, 2.05) is 25.1 Å². The number of fused-ring (bicyclic) bond motifs is 1. The number of H-pyrrole nitrogens is 2. The average Bonchev–Trinajstić information content (AvgIpc) is 3.19. The Morgan fingerprint density at radius 3 is 2.91 bits per heavy atom. The molecule has 1 aromatic carbocycles. The van der Waals surface area contributed by atoms with Gasteiger partial charge in [0.2, 0.25) is 0 Å². The molecule has 3 N–H and O–H groups in total. The zero-order valence-corrected chi connectivity index (χ0v) is 12.7. The van der Waals surface area contributed by atoms with Crippen LogP contribution >= 0.6 is 0 Å². The van der Waals surface area contributed by atoms with Crippen LogP contribution in [0.15, 0.2) is 24.4 Å². The van der Waals surface area contributed by atoms with Crippen LogP contribution in [0, 0.1) is 13.8 Å². The lowest BCUT2D eigenvalue weighted by atomic mass is 10.1. The van der Waals surface area contributed by atoms with E-state index in [0.717, 1.165) is 28.0 Å². The molecule has 1 saturated carbocycles. The molecule has 1 aliphatic rings. The van der Waals surface area contributed by atoms with Crippen molar-refractivity contribution in [3.05, 3.63) is 46.9 Å². The van der Waals surface area contributed by atoms with Gasteiger partial charge >= 0.3 is 0 Å². The number of amides is 1. The number of nitrogens with zero attached hydrogens (tertiary/aromatic N) is 1. The Morgan fingerprint density at radius 2 is 2.14 bits per heavy atom. The molecule has 0 unspecified atom stereocenters. The summed E-state index contributed by atoms with van der Waals surface area (Å²) in [5.41, 5.74) is 5.90. The fourth-order valence-corrected chi connectivity index (χ4v) is 2.88. The number of nitrogens with one attached hydrogen (secondary N) is 3. The van der Waals surface area contributed by atoms with E-state index in [0.29, 0.717) is 11.5 Å². The van der Waals surface area contributed by atoms with Crippen molar-refractivity contribution in [3.63, 3.8) is 0 Å². The van der Waals surface area contributed by atoms with Gasteiger partial charge in [0.15, 0.2) is 0 Å². The maximum atomic E-state index is 12.5. The quantitative estimate of drug-likeness (QED) is 0.690. The molecule has 0 radical (unpaired) electrons. The van der Waals surface area contributed by atoms with Gasteiger partial charge in [-0.2, -0.15) is 5.10 Å². The number of benzene rings is 1. The minimum absolute atomic E-state index is 0.0940. The predicted octanol–water partition coefficient (Wildman–Crippen LogP) is 3.64. The van der Waals surface area contributed by atoms with E-state index in [1.165, 1.54) is 18.4 Å². The first-order valence-electron chi connectivity index (χ1n) is 7.57. The van der Waals surface area contributed by atoms with Crippen LogP contribution in [0.5, 0.6) is 0 Å². The van der Waals surface area contributed by atoms with Gasteiger partial charge in [-0.15, -0.1) is 0 Å². The number of carbonyl (C=O) groups excluding carboxylic acids is 1. The summed E-state index contributed by atoms with van der Waals surface area (Å²) >= 11 is 0. The van der Waals surface area contributed by atoms with Gasteiger partial charge in [-0.3, -0.25) is 9.89 Å². The first-order chi connectivity index (χ1) is 10.6. The van der Waals surface area contributed by atoms with Crippen LogP contribution < -0.4 is 5.32 Å². The smallest absolute Gasteiger partial charge is 0.255 e. The van der Waals surface area contributed by atoms with Gasteiger partial charge in [0.25, 0.3) is 5.91 Å². The Bertz CT molecular complexity index is 870. The maximum absolute atomic E-state index is 12.5. The zero-order valence-electron chi connectivity index (χ0n) is 12.7. The van der Waals surface area contributed by atoms with Crippen molar-refractivity contribution in [2.24, 2.45) is 0 Å². The summed E-state index contributed by atoms with van der Waals surface area (Å²) in [6.07, 6.45) is 4.02. The summed E-state index contributed by atoms with van der Waals surface area (Å²) in [6.45, 7) is 4.11. The molecule has 0 spiro atoms. The van der Waals surface area contributed by atoms with E-state index < -0.39 is 0 Å². The summed E-state index contributed by atoms with van der Waals surface area (Å²) < 4.78 is 0. The minimum Gasteiger partial charge on any atom is -0.358 e. The molecule has 0 aliphatic heterocycles. The monoisotopic (exact) mass is 294 g/mol. The van der Waals surface area contributed by atoms with Crippen molar-refractivity contribution in [2.45, 2.75) is 32.6 Å². The fraction of sp³-hybridized carbons (Fsp3) is 0.294. The predicted molar refractivity (Wildman–Crippen MR) is 86.3 cm³/mol. The topological polar surface area (TPSA) is 73.6 Å². The van der Waals surface area contributed by atoms with Gasteiger partial charge in [0.1, 0.15) is 0 Å². The van der Waals surface area contributed by atoms with E-state index in [-0.39, 0.29) is 5.91 Å². The Morgan fingerprint density at radius 1 is 1.32 bits per heavy atom. The summed E-state index contributed by atoms with van der Waals surface area (Å²) in [5.74, 6) is 0.429. The highest BCUT2D eigenvalue weighted by atomic mass is 16.1. The molecule has 0 bridgehead atoms. The number of rotatable bonds is 3. The molecule has 1 amide bonds. The van der Waals surface area contributed by atoms with Crippen LogP contribution in [0.25, 0.3) is 10.9 Å². The molecule has 5 heteroatoms. The molecule has 0 saturated heterocycles. The van der Waals surface area contributed by atoms with Crippen LogP contribution in [-0.4, -0.2) is 21.1 Å². The standard InChI is InChI=1S/C17H18N4O/c1-9-10(2)19-14-6-5-12(7-13(9)14)17(22)20-15-8-18-21-16(15)11-3-4-11/h5-8,11,19H,3-4H2,1-2H3,(H,18,21)(H,20,22).